The maximum atomic E-state index is 13.1. The minimum Gasteiger partial charge on any atom is -0.488 e. The molecule has 0 saturated heterocycles. The van der Waals surface area contributed by atoms with E-state index in [2.05, 4.69) is 22.5 Å². The van der Waals surface area contributed by atoms with Crippen molar-refractivity contribution in [3.05, 3.63) is 95.5 Å². The minimum atomic E-state index is -0.431. The van der Waals surface area contributed by atoms with Crippen LogP contribution in [0.5, 0.6) is 0 Å². The molecule has 1 aliphatic heterocycles. The zero-order valence-corrected chi connectivity index (χ0v) is 21.3. The van der Waals surface area contributed by atoms with Crippen LogP contribution in [0.4, 0.5) is 16.2 Å². The number of anilines is 2. The van der Waals surface area contributed by atoms with Crippen LogP contribution in [-0.2, 0) is 16.0 Å². The van der Waals surface area contributed by atoms with Crippen molar-refractivity contribution in [1.82, 2.24) is 4.90 Å². The van der Waals surface area contributed by atoms with Crippen molar-refractivity contribution in [1.29, 1.82) is 0 Å². The summed E-state index contributed by atoms with van der Waals surface area (Å²) in [5.41, 5.74) is 15.2. The second-order valence-electron chi connectivity index (χ2n) is 9.06. The summed E-state index contributed by atoms with van der Waals surface area (Å²) in [5.74, 6) is 0.587. The first-order chi connectivity index (χ1) is 18.5. The lowest BCUT2D eigenvalue weighted by molar-refractivity contribution is 0.102. The Hall–Kier alpha value is -4.37. The van der Waals surface area contributed by atoms with Gasteiger partial charge in [0, 0.05) is 25.1 Å². The van der Waals surface area contributed by atoms with Crippen LogP contribution < -0.4 is 16.8 Å². The maximum Gasteiger partial charge on any atom is 0.346 e. The molecule has 0 atom stereocenters. The minimum absolute atomic E-state index is 0.0919. The predicted octanol–water partition coefficient (Wildman–Crippen LogP) is 4.75. The van der Waals surface area contributed by atoms with Crippen LogP contribution in [0.1, 0.15) is 41.6 Å². The number of aliphatic imine (C=N–C) groups is 1. The van der Waals surface area contributed by atoms with Gasteiger partial charge in [-0.1, -0.05) is 48.1 Å². The van der Waals surface area contributed by atoms with Gasteiger partial charge in [-0.25, -0.2) is 4.79 Å². The summed E-state index contributed by atoms with van der Waals surface area (Å²) >= 11 is 0. The Bertz CT molecular complexity index is 1260. The molecule has 0 unspecified atom stereocenters. The highest BCUT2D eigenvalue weighted by Crippen LogP contribution is 2.23. The van der Waals surface area contributed by atoms with Gasteiger partial charge in [-0.2, -0.15) is 4.99 Å². The average molecular weight is 516 g/mol. The summed E-state index contributed by atoms with van der Waals surface area (Å²) < 4.78 is 11.4. The monoisotopic (exact) mass is 515 g/mol. The predicted molar refractivity (Wildman–Crippen MR) is 148 cm³/mol. The van der Waals surface area contributed by atoms with Crippen molar-refractivity contribution in [3.8, 4) is 0 Å². The Kier molecular flexibility index (Phi) is 9.31. The highest BCUT2D eigenvalue weighted by atomic mass is 16.6. The van der Waals surface area contributed by atoms with Gasteiger partial charge in [0.25, 0.3) is 5.91 Å². The quantitative estimate of drug-likeness (QED) is 0.413. The molecule has 5 N–H and O–H groups in total. The summed E-state index contributed by atoms with van der Waals surface area (Å²) in [5, 5.41) is 2.81. The molecule has 198 valence electrons. The fourth-order valence-corrected chi connectivity index (χ4v) is 4.06. The lowest BCUT2D eigenvalue weighted by atomic mass is 10.0. The molecular weight excluding hydrogens is 482 g/mol. The first-order valence-corrected chi connectivity index (χ1v) is 12.7. The van der Waals surface area contributed by atoms with E-state index in [1.165, 1.54) is 5.57 Å². The third kappa shape index (κ3) is 7.57. The van der Waals surface area contributed by atoms with Gasteiger partial charge < -0.3 is 31.2 Å². The van der Waals surface area contributed by atoms with Gasteiger partial charge in [0.05, 0.1) is 11.4 Å². The van der Waals surface area contributed by atoms with Crippen molar-refractivity contribution < 1.29 is 19.1 Å². The van der Waals surface area contributed by atoms with E-state index in [1.807, 2.05) is 18.2 Å². The van der Waals surface area contributed by atoms with Crippen LogP contribution >= 0.6 is 0 Å². The highest BCUT2D eigenvalue weighted by molar-refractivity contribution is 6.05. The first kappa shape index (κ1) is 26.7. The van der Waals surface area contributed by atoms with Crippen LogP contribution in [0.15, 0.2) is 89.3 Å². The number of benzene rings is 2. The molecule has 0 spiro atoms. The molecule has 0 saturated carbocycles. The van der Waals surface area contributed by atoms with Gasteiger partial charge in [0.1, 0.15) is 12.0 Å². The second-order valence-corrected chi connectivity index (χ2v) is 9.06. The van der Waals surface area contributed by atoms with E-state index in [0.717, 1.165) is 18.4 Å². The summed E-state index contributed by atoms with van der Waals surface area (Å²) in [6, 6.07) is 13.7. The van der Waals surface area contributed by atoms with Crippen LogP contribution in [0.3, 0.4) is 0 Å². The second kappa shape index (κ2) is 13.3. The molecule has 0 aromatic heterocycles. The van der Waals surface area contributed by atoms with E-state index in [9.17, 15) is 9.59 Å². The molecule has 2 aromatic carbocycles. The molecule has 9 heteroatoms. The van der Waals surface area contributed by atoms with E-state index in [4.69, 9.17) is 20.9 Å². The van der Waals surface area contributed by atoms with Gasteiger partial charge in [-0.15, -0.1) is 0 Å². The molecule has 0 fully saturated rings. The Morgan fingerprint density at radius 1 is 1.11 bits per heavy atom. The Morgan fingerprint density at radius 3 is 2.66 bits per heavy atom. The standard InChI is InChI=1S/C29H33N5O4/c30-15-6-16-34(29(36)33-27-20-37-19-24(38-27)17-21-7-2-1-3-8-21)18-22-11-13-23(14-12-22)28(35)32-26-10-5-4-9-25(26)31/h1-2,4-5,7,9-14,19H,3,6,8,15-18,20,30-31H2,(H,32,35). The smallest absolute Gasteiger partial charge is 0.346 e. The molecule has 0 radical (unpaired) electrons. The van der Waals surface area contributed by atoms with E-state index in [-0.39, 0.29) is 18.4 Å². The maximum absolute atomic E-state index is 13.1. The number of carbonyl (C=O) groups is 2. The number of nitrogens with one attached hydrogen (secondary N) is 1. The van der Waals surface area contributed by atoms with Crippen molar-refractivity contribution in [2.24, 2.45) is 10.7 Å². The number of ether oxygens (including phenoxy) is 2. The first-order valence-electron chi connectivity index (χ1n) is 12.7. The van der Waals surface area contributed by atoms with E-state index < -0.39 is 6.03 Å². The molecule has 9 nitrogen and oxygen atoms in total. The van der Waals surface area contributed by atoms with E-state index >= 15 is 0 Å². The summed E-state index contributed by atoms with van der Waals surface area (Å²) in [6.45, 7) is 1.28. The van der Waals surface area contributed by atoms with E-state index in [1.54, 1.807) is 47.6 Å². The van der Waals surface area contributed by atoms with Crippen molar-refractivity contribution in [3.63, 3.8) is 0 Å². The van der Waals surface area contributed by atoms with Gasteiger partial charge in [0.2, 0.25) is 5.90 Å². The number of hydrogen-bond donors (Lipinski definition) is 3. The normalized spacial score (nSPS) is 15.7. The number of nitrogen functional groups attached to an aromatic ring is 1. The number of para-hydroxylation sites is 2. The number of amides is 3. The number of hydrogen-bond acceptors (Lipinski definition) is 6. The zero-order chi connectivity index (χ0) is 26.7. The highest BCUT2D eigenvalue weighted by Gasteiger charge is 2.19. The topological polar surface area (TPSA) is 132 Å². The molecule has 38 heavy (non-hydrogen) atoms. The number of nitrogens with two attached hydrogens (primary N) is 2. The molecule has 3 amide bonds. The number of carbonyl (C=O) groups excluding carboxylic acids is 2. The molecule has 4 rings (SSSR count). The van der Waals surface area contributed by atoms with Crippen molar-refractivity contribution in [2.75, 3.05) is 30.7 Å². The number of urea groups is 1. The summed E-state index contributed by atoms with van der Waals surface area (Å²) in [6.07, 6.45) is 11.0. The van der Waals surface area contributed by atoms with Crippen LogP contribution in [0, 0.1) is 0 Å². The summed E-state index contributed by atoms with van der Waals surface area (Å²) in [7, 11) is 0. The number of rotatable bonds is 9. The van der Waals surface area contributed by atoms with Crippen molar-refractivity contribution in [2.45, 2.75) is 32.2 Å². The average Bonchev–Trinajstić information content (AvgIpc) is 2.93. The Labute approximate surface area is 222 Å². The van der Waals surface area contributed by atoms with Crippen LogP contribution in [-0.4, -0.2) is 42.4 Å². The third-order valence-corrected chi connectivity index (χ3v) is 6.09. The van der Waals surface area contributed by atoms with Crippen LogP contribution in [0.2, 0.25) is 0 Å². The summed E-state index contributed by atoms with van der Waals surface area (Å²) in [4.78, 5) is 31.5. The van der Waals surface area contributed by atoms with Gasteiger partial charge in [-0.05, 0) is 55.6 Å². The lowest BCUT2D eigenvalue weighted by Crippen LogP contribution is -2.32. The van der Waals surface area contributed by atoms with Gasteiger partial charge in [0.15, 0.2) is 6.61 Å². The van der Waals surface area contributed by atoms with Crippen LogP contribution in [0.25, 0.3) is 0 Å². The molecular formula is C29H33N5O4. The molecule has 2 aliphatic rings. The molecule has 1 aliphatic carbocycles. The van der Waals surface area contributed by atoms with Gasteiger partial charge >= 0.3 is 6.03 Å². The molecule has 0 bridgehead atoms. The zero-order valence-electron chi connectivity index (χ0n) is 21.3. The Morgan fingerprint density at radius 2 is 1.92 bits per heavy atom. The molecule has 2 aromatic rings. The Balaban J connectivity index is 1.38. The third-order valence-electron chi connectivity index (χ3n) is 6.09. The van der Waals surface area contributed by atoms with Crippen molar-refractivity contribution >= 4 is 29.2 Å². The largest absolute Gasteiger partial charge is 0.488 e. The number of nitrogens with zero attached hydrogens (tertiary/aromatic N) is 2. The van der Waals surface area contributed by atoms with Gasteiger partial charge in [-0.3, -0.25) is 4.79 Å². The molecule has 1 heterocycles. The van der Waals surface area contributed by atoms with E-state index in [0.29, 0.717) is 55.2 Å². The number of allylic oxidation sites excluding steroid dienone is 4. The lowest BCUT2D eigenvalue weighted by Gasteiger charge is -2.22. The SMILES string of the molecule is NCCCN(Cc1ccc(C(=O)Nc2ccccc2N)cc1)C(=O)N=C1COC=C(CC2=CC=CCC2)O1. The fraction of sp³-hybridized carbons (Fsp3) is 0.276. The fourth-order valence-electron chi connectivity index (χ4n) is 4.06.